The molecule has 2 aromatic rings. The van der Waals surface area contributed by atoms with Crippen LogP contribution >= 0.6 is 0 Å². The minimum absolute atomic E-state index is 0.0265. The number of oxazole rings is 1. The van der Waals surface area contributed by atoms with Crippen molar-refractivity contribution in [3.8, 4) is 6.07 Å². The van der Waals surface area contributed by atoms with E-state index >= 15 is 0 Å². The molecule has 0 amide bonds. The van der Waals surface area contributed by atoms with E-state index in [0.717, 1.165) is 6.39 Å². The number of nitro groups is 1. The summed E-state index contributed by atoms with van der Waals surface area (Å²) < 4.78 is 4.89. The number of hydrazone groups is 1. The molecule has 8 heteroatoms. The van der Waals surface area contributed by atoms with Gasteiger partial charge < -0.3 is 4.42 Å². The van der Waals surface area contributed by atoms with Gasteiger partial charge in [-0.05, 0) is 0 Å². The summed E-state index contributed by atoms with van der Waals surface area (Å²) in [6.45, 7) is 0. The summed E-state index contributed by atoms with van der Waals surface area (Å²) in [6, 6.07) is 7.78. The van der Waals surface area contributed by atoms with Crippen LogP contribution in [0.1, 0.15) is 11.3 Å². The number of non-ortho nitro benzene ring substituents is 1. The molecule has 1 heterocycles. The van der Waals surface area contributed by atoms with Crippen molar-refractivity contribution in [1.29, 1.82) is 5.26 Å². The number of nitro benzene ring substituents is 1. The maximum atomic E-state index is 10.6. The van der Waals surface area contributed by atoms with E-state index in [1.807, 2.05) is 6.07 Å². The predicted octanol–water partition coefficient (Wildman–Crippen LogP) is 1.90. The summed E-state index contributed by atoms with van der Waals surface area (Å²) in [5.41, 5.74) is 3.08. The zero-order valence-electron chi connectivity index (χ0n) is 9.48. The van der Waals surface area contributed by atoms with Crippen molar-refractivity contribution in [2.75, 3.05) is 5.43 Å². The molecular weight excluding hydrogens is 250 g/mol. The molecule has 0 saturated heterocycles. The first-order chi connectivity index (χ1) is 9.20. The Morgan fingerprint density at radius 3 is 3.16 bits per heavy atom. The van der Waals surface area contributed by atoms with E-state index in [-0.39, 0.29) is 17.3 Å². The summed E-state index contributed by atoms with van der Waals surface area (Å²) in [7, 11) is 0. The zero-order valence-corrected chi connectivity index (χ0v) is 9.48. The highest BCUT2D eigenvalue weighted by Gasteiger charge is 2.06. The quantitative estimate of drug-likeness (QED) is 0.507. The summed E-state index contributed by atoms with van der Waals surface area (Å²) in [4.78, 5) is 13.7. The van der Waals surface area contributed by atoms with Gasteiger partial charge in [0.05, 0.1) is 11.1 Å². The molecule has 8 nitrogen and oxygen atoms in total. The van der Waals surface area contributed by atoms with Gasteiger partial charge in [-0.2, -0.15) is 10.4 Å². The van der Waals surface area contributed by atoms with Gasteiger partial charge in [-0.15, -0.1) is 0 Å². The van der Waals surface area contributed by atoms with E-state index in [9.17, 15) is 10.1 Å². The maximum absolute atomic E-state index is 10.6. The summed E-state index contributed by atoms with van der Waals surface area (Å²) in [5, 5.41) is 23.1. The van der Waals surface area contributed by atoms with Gasteiger partial charge in [0.1, 0.15) is 6.07 Å². The van der Waals surface area contributed by atoms with Crippen LogP contribution in [-0.4, -0.2) is 16.1 Å². The SMILES string of the molecule is N#Cc1ncoc1N/N=C\c1cccc([N+](=O)[O-])c1. The van der Waals surface area contributed by atoms with Crippen molar-refractivity contribution < 1.29 is 9.34 Å². The Labute approximate surface area is 107 Å². The molecule has 94 valence electrons. The molecule has 1 aromatic carbocycles. The second kappa shape index (κ2) is 5.42. The first-order valence-electron chi connectivity index (χ1n) is 5.08. The Bertz CT molecular complexity index is 671. The van der Waals surface area contributed by atoms with Crippen LogP contribution in [0, 0.1) is 21.4 Å². The molecule has 0 atom stereocenters. The third-order valence-electron chi connectivity index (χ3n) is 2.13. The lowest BCUT2D eigenvalue weighted by Gasteiger charge is -1.95. The van der Waals surface area contributed by atoms with Crippen LogP contribution in [0.5, 0.6) is 0 Å². The van der Waals surface area contributed by atoms with E-state index in [1.54, 1.807) is 12.1 Å². The molecule has 0 aliphatic rings. The van der Waals surface area contributed by atoms with Crippen LogP contribution < -0.4 is 5.43 Å². The fourth-order valence-electron chi connectivity index (χ4n) is 1.29. The first-order valence-corrected chi connectivity index (χ1v) is 5.08. The van der Waals surface area contributed by atoms with Crippen LogP contribution in [0.3, 0.4) is 0 Å². The summed E-state index contributed by atoms with van der Waals surface area (Å²) in [6.07, 6.45) is 2.49. The fourth-order valence-corrected chi connectivity index (χ4v) is 1.29. The lowest BCUT2D eigenvalue weighted by Crippen LogP contribution is -1.93. The van der Waals surface area contributed by atoms with Gasteiger partial charge in [-0.25, -0.2) is 10.4 Å². The number of aromatic nitrogens is 1. The topological polar surface area (TPSA) is 117 Å². The molecule has 0 unspecified atom stereocenters. The second-order valence-electron chi connectivity index (χ2n) is 3.36. The smallest absolute Gasteiger partial charge is 0.270 e. The van der Waals surface area contributed by atoms with Gasteiger partial charge in [0.2, 0.25) is 5.69 Å². The molecule has 1 N–H and O–H groups in total. The van der Waals surface area contributed by atoms with Crippen LogP contribution in [0.25, 0.3) is 0 Å². The number of hydrogen-bond donors (Lipinski definition) is 1. The minimum Gasteiger partial charge on any atom is -0.425 e. The third kappa shape index (κ3) is 2.92. The lowest BCUT2D eigenvalue weighted by molar-refractivity contribution is -0.384. The average Bonchev–Trinajstić information content (AvgIpc) is 2.86. The Balaban J connectivity index is 2.09. The minimum atomic E-state index is -0.491. The Hall–Kier alpha value is -3.21. The lowest BCUT2D eigenvalue weighted by atomic mass is 10.2. The van der Waals surface area contributed by atoms with Gasteiger partial charge in [-0.1, -0.05) is 12.1 Å². The molecule has 19 heavy (non-hydrogen) atoms. The molecular formula is C11H7N5O3. The van der Waals surface area contributed by atoms with Crippen LogP contribution in [-0.2, 0) is 0 Å². The molecule has 2 rings (SSSR count). The van der Waals surface area contributed by atoms with Crippen molar-refractivity contribution in [1.82, 2.24) is 4.98 Å². The molecule has 0 saturated carbocycles. The van der Waals surface area contributed by atoms with Crippen molar-refractivity contribution in [3.05, 3.63) is 52.0 Å². The molecule has 0 radical (unpaired) electrons. The number of nitrogens with one attached hydrogen (secondary N) is 1. The Kier molecular flexibility index (Phi) is 3.49. The summed E-state index contributed by atoms with van der Waals surface area (Å²) >= 11 is 0. The van der Waals surface area contributed by atoms with Gasteiger partial charge >= 0.3 is 0 Å². The highest BCUT2D eigenvalue weighted by Crippen LogP contribution is 2.13. The monoisotopic (exact) mass is 257 g/mol. The second-order valence-corrected chi connectivity index (χ2v) is 3.36. The number of nitrogens with zero attached hydrogens (tertiary/aromatic N) is 4. The number of hydrogen-bond acceptors (Lipinski definition) is 7. The predicted molar refractivity (Wildman–Crippen MR) is 65.5 cm³/mol. The standard InChI is InChI=1S/C11H7N5O3/c12-5-10-11(19-7-13-10)15-14-6-8-2-1-3-9(4-8)16(17)18/h1-4,6-7,15H/b14-6-. The van der Waals surface area contributed by atoms with Gasteiger partial charge in [0, 0.05) is 17.7 Å². The van der Waals surface area contributed by atoms with Crippen molar-refractivity contribution in [2.24, 2.45) is 5.10 Å². The van der Waals surface area contributed by atoms with Gasteiger partial charge in [0.25, 0.3) is 11.6 Å². The first kappa shape index (κ1) is 12.3. The van der Waals surface area contributed by atoms with Crippen molar-refractivity contribution in [3.63, 3.8) is 0 Å². The van der Waals surface area contributed by atoms with Gasteiger partial charge in [-0.3, -0.25) is 10.1 Å². The number of nitriles is 1. The molecule has 0 bridgehead atoms. The molecule has 0 aliphatic carbocycles. The van der Waals surface area contributed by atoms with E-state index in [4.69, 9.17) is 9.68 Å². The van der Waals surface area contributed by atoms with Crippen molar-refractivity contribution in [2.45, 2.75) is 0 Å². The van der Waals surface area contributed by atoms with E-state index < -0.39 is 4.92 Å². The highest BCUT2D eigenvalue weighted by molar-refractivity contribution is 5.81. The molecule has 0 aliphatic heterocycles. The van der Waals surface area contributed by atoms with Crippen LogP contribution in [0.4, 0.5) is 11.6 Å². The fraction of sp³-hybridized carbons (Fsp3) is 0. The number of anilines is 1. The molecule has 1 aromatic heterocycles. The van der Waals surface area contributed by atoms with Crippen LogP contribution in [0.15, 0.2) is 40.2 Å². The molecule has 0 spiro atoms. The Morgan fingerprint density at radius 2 is 2.42 bits per heavy atom. The third-order valence-corrected chi connectivity index (χ3v) is 2.13. The largest absolute Gasteiger partial charge is 0.425 e. The van der Waals surface area contributed by atoms with Crippen molar-refractivity contribution >= 4 is 17.8 Å². The molecule has 0 fully saturated rings. The number of rotatable bonds is 4. The summed E-state index contributed by atoms with van der Waals surface area (Å²) in [5.74, 6) is 0.115. The van der Waals surface area contributed by atoms with E-state index in [2.05, 4.69) is 15.5 Å². The van der Waals surface area contributed by atoms with Gasteiger partial charge in [0.15, 0.2) is 6.39 Å². The highest BCUT2D eigenvalue weighted by atomic mass is 16.6. The average molecular weight is 257 g/mol. The number of benzene rings is 1. The maximum Gasteiger partial charge on any atom is 0.270 e. The van der Waals surface area contributed by atoms with E-state index in [0.29, 0.717) is 5.56 Å². The normalized spacial score (nSPS) is 10.3. The Morgan fingerprint density at radius 1 is 1.58 bits per heavy atom. The zero-order chi connectivity index (χ0) is 13.7. The van der Waals surface area contributed by atoms with E-state index in [1.165, 1.54) is 18.3 Å². The van der Waals surface area contributed by atoms with Crippen LogP contribution in [0.2, 0.25) is 0 Å².